The van der Waals surface area contributed by atoms with Gasteiger partial charge in [-0.1, -0.05) is 24.3 Å². The molecular weight excluding hydrogens is 203 g/mol. The maximum Gasteiger partial charge on any atom is 0.129 e. The van der Waals surface area contributed by atoms with Crippen molar-refractivity contribution in [1.82, 2.24) is 0 Å². The van der Waals surface area contributed by atoms with Gasteiger partial charge in [0.15, 0.2) is 0 Å². The first-order valence-corrected chi connectivity index (χ1v) is 5.11. The predicted octanol–water partition coefficient (Wildman–Crippen LogP) is 3.03. The van der Waals surface area contributed by atoms with E-state index in [1.165, 1.54) is 6.07 Å². The molecule has 3 N–H and O–H groups in total. The Morgan fingerprint density at radius 3 is 2.44 bits per heavy atom. The van der Waals surface area contributed by atoms with E-state index < -0.39 is 0 Å². The monoisotopic (exact) mass is 216 g/mol. The lowest BCUT2D eigenvalue weighted by Gasteiger charge is -2.11. The molecule has 2 rings (SSSR count). The summed E-state index contributed by atoms with van der Waals surface area (Å²) in [5.74, 6) is -0.275. The SMILES string of the molecule is NCc1c(F)cccc1Nc1ccccc1. The molecule has 0 aliphatic heterocycles. The van der Waals surface area contributed by atoms with Gasteiger partial charge >= 0.3 is 0 Å². The van der Waals surface area contributed by atoms with E-state index in [0.29, 0.717) is 11.3 Å². The molecule has 0 aromatic heterocycles. The van der Waals surface area contributed by atoms with E-state index in [4.69, 9.17) is 5.73 Å². The van der Waals surface area contributed by atoms with Crippen LogP contribution < -0.4 is 11.1 Å². The second-order valence-electron chi connectivity index (χ2n) is 3.46. The highest BCUT2D eigenvalue weighted by Gasteiger charge is 2.06. The van der Waals surface area contributed by atoms with Crippen molar-refractivity contribution in [1.29, 1.82) is 0 Å². The molecule has 0 saturated carbocycles. The van der Waals surface area contributed by atoms with Crippen LogP contribution in [0.3, 0.4) is 0 Å². The van der Waals surface area contributed by atoms with Crippen LogP contribution in [0, 0.1) is 5.82 Å². The Morgan fingerprint density at radius 1 is 1.00 bits per heavy atom. The fourth-order valence-corrected chi connectivity index (χ4v) is 1.56. The Hall–Kier alpha value is -1.87. The van der Waals surface area contributed by atoms with Crippen molar-refractivity contribution < 1.29 is 4.39 Å². The summed E-state index contributed by atoms with van der Waals surface area (Å²) < 4.78 is 13.4. The highest BCUT2D eigenvalue weighted by atomic mass is 19.1. The van der Waals surface area contributed by atoms with Gasteiger partial charge in [-0.2, -0.15) is 0 Å². The molecule has 16 heavy (non-hydrogen) atoms. The summed E-state index contributed by atoms with van der Waals surface area (Å²) in [7, 11) is 0. The van der Waals surface area contributed by atoms with Crippen molar-refractivity contribution in [2.45, 2.75) is 6.54 Å². The number of anilines is 2. The molecule has 0 heterocycles. The quantitative estimate of drug-likeness (QED) is 0.827. The summed E-state index contributed by atoms with van der Waals surface area (Å²) in [4.78, 5) is 0. The number of hydrogen-bond donors (Lipinski definition) is 2. The van der Waals surface area contributed by atoms with Crippen molar-refractivity contribution >= 4 is 11.4 Å². The fourth-order valence-electron chi connectivity index (χ4n) is 1.56. The van der Waals surface area contributed by atoms with Gasteiger partial charge in [0.25, 0.3) is 0 Å². The van der Waals surface area contributed by atoms with Crippen molar-refractivity contribution in [2.75, 3.05) is 5.32 Å². The van der Waals surface area contributed by atoms with Gasteiger partial charge in [0.05, 0.1) is 0 Å². The van der Waals surface area contributed by atoms with Crippen LogP contribution in [0.15, 0.2) is 48.5 Å². The van der Waals surface area contributed by atoms with E-state index in [9.17, 15) is 4.39 Å². The van der Waals surface area contributed by atoms with E-state index in [0.717, 1.165) is 5.69 Å². The zero-order valence-electron chi connectivity index (χ0n) is 8.78. The average Bonchev–Trinajstić information content (AvgIpc) is 2.31. The first kappa shape index (κ1) is 10.6. The van der Waals surface area contributed by atoms with E-state index in [2.05, 4.69) is 5.32 Å². The maximum atomic E-state index is 13.4. The smallest absolute Gasteiger partial charge is 0.129 e. The van der Waals surface area contributed by atoms with Crippen molar-refractivity contribution in [3.05, 3.63) is 59.9 Å². The number of rotatable bonds is 3. The zero-order chi connectivity index (χ0) is 11.4. The number of benzene rings is 2. The summed E-state index contributed by atoms with van der Waals surface area (Å²) >= 11 is 0. The summed E-state index contributed by atoms with van der Waals surface area (Å²) in [6.45, 7) is 0.182. The third-order valence-corrected chi connectivity index (χ3v) is 2.38. The van der Waals surface area contributed by atoms with Gasteiger partial charge in [-0.3, -0.25) is 0 Å². The molecule has 3 heteroatoms. The van der Waals surface area contributed by atoms with Gasteiger partial charge in [0, 0.05) is 23.5 Å². The molecule has 0 unspecified atom stereocenters. The molecule has 0 spiro atoms. The molecule has 0 amide bonds. The Labute approximate surface area is 93.9 Å². The van der Waals surface area contributed by atoms with Crippen molar-refractivity contribution in [3.8, 4) is 0 Å². The van der Waals surface area contributed by atoms with E-state index in [1.807, 2.05) is 36.4 Å². The van der Waals surface area contributed by atoms with Gasteiger partial charge in [0.2, 0.25) is 0 Å². The molecule has 82 valence electrons. The molecule has 0 aliphatic carbocycles. The molecule has 2 nitrogen and oxygen atoms in total. The standard InChI is InChI=1S/C13H13FN2/c14-12-7-4-8-13(11(12)9-15)16-10-5-2-1-3-6-10/h1-8,16H,9,15H2. The van der Waals surface area contributed by atoms with Crippen molar-refractivity contribution in [2.24, 2.45) is 5.73 Å². The van der Waals surface area contributed by atoms with E-state index >= 15 is 0 Å². The minimum absolute atomic E-state index is 0.182. The molecule has 0 aliphatic rings. The van der Waals surface area contributed by atoms with Crippen LogP contribution in [0.5, 0.6) is 0 Å². The highest BCUT2D eigenvalue weighted by molar-refractivity contribution is 5.63. The van der Waals surface area contributed by atoms with Crippen molar-refractivity contribution in [3.63, 3.8) is 0 Å². The first-order valence-electron chi connectivity index (χ1n) is 5.11. The van der Waals surface area contributed by atoms with Crippen LogP contribution >= 0.6 is 0 Å². The molecule has 2 aromatic carbocycles. The summed E-state index contributed by atoms with van der Waals surface area (Å²) in [5.41, 5.74) is 7.67. The molecule has 0 fully saturated rings. The number of nitrogens with one attached hydrogen (secondary N) is 1. The lowest BCUT2D eigenvalue weighted by Crippen LogP contribution is -2.04. The average molecular weight is 216 g/mol. The van der Waals surface area contributed by atoms with Crippen LogP contribution in [-0.2, 0) is 6.54 Å². The molecular formula is C13H13FN2. The summed E-state index contributed by atoms with van der Waals surface area (Å²) in [6.07, 6.45) is 0. The largest absolute Gasteiger partial charge is 0.355 e. The first-order chi connectivity index (χ1) is 7.81. The molecule has 0 radical (unpaired) electrons. The Balaban J connectivity index is 2.31. The Morgan fingerprint density at radius 2 is 1.75 bits per heavy atom. The minimum atomic E-state index is -0.275. The van der Waals surface area contributed by atoms with E-state index in [-0.39, 0.29) is 12.4 Å². The van der Waals surface area contributed by atoms with Crippen LogP contribution in [-0.4, -0.2) is 0 Å². The van der Waals surface area contributed by atoms with Crippen LogP contribution in [0.25, 0.3) is 0 Å². The summed E-state index contributed by atoms with van der Waals surface area (Å²) in [6, 6.07) is 14.5. The molecule has 0 bridgehead atoms. The lowest BCUT2D eigenvalue weighted by molar-refractivity contribution is 0.611. The Kier molecular flexibility index (Phi) is 3.17. The fraction of sp³-hybridized carbons (Fsp3) is 0.0769. The van der Waals surface area contributed by atoms with Crippen LogP contribution in [0.2, 0.25) is 0 Å². The second kappa shape index (κ2) is 4.77. The minimum Gasteiger partial charge on any atom is -0.355 e. The van der Waals surface area contributed by atoms with Gasteiger partial charge in [-0.25, -0.2) is 4.39 Å². The normalized spacial score (nSPS) is 10.1. The Bertz CT molecular complexity index is 469. The highest BCUT2D eigenvalue weighted by Crippen LogP contribution is 2.22. The third kappa shape index (κ3) is 2.20. The van der Waals surface area contributed by atoms with Crippen LogP contribution in [0.4, 0.5) is 15.8 Å². The second-order valence-corrected chi connectivity index (χ2v) is 3.46. The number of nitrogens with two attached hydrogens (primary N) is 1. The van der Waals surface area contributed by atoms with Gasteiger partial charge < -0.3 is 11.1 Å². The zero-order valence-corrected chi connectivity index (χ0v) is 8.78. The van der Waals surface area contributed by atoms with Gasteiger partial charge in [-0.15, -0.1) is 0 Å². The topological polar surface area (TPSA) is 38.0 Å². The van der Waals surface area contributed by atoms with Gasteiger partial charge in [-0.05, 0) is 24.3 Å². The van der Waals surface area contributed by atoms with E-state index in [1.54, 1.807) is 6.07 Å². The number of hydrogen-bond acceptors (Lipinski definition) is 2. The molecule has 0 atom stereocenters. The predicted molar refractivity (Wildman–Crippen MR) is 64.0 cm³/mol. The van der Waals surface area contributed by atoms with Gasteiger partial charge in [0.1, 0.15) is 5.82 Å². The number of halogens is 1. The number of para-hydroxylation sites is 1. The molecule has 2 aromatic rings. The molecule has 0 saturated heterocycles. The maximum absolute atomic E-state index is 13.4. The third-order valence-electron chi connectivity index (χ3n) is 2.38. The lowest BCUT2D eigenvalue weighted by atomic mass is 10.1. The van der Waals surface area contributed by atoms with Crippen LogP contribution in [0.1, 0.15) is 5.56 Å². The summed E-state index contributed by atoms with van der Waals surface area (Å²) in [5, 5.41) is 3.14.